The van der Waals surface area contributed by atoms with Crippen LogP contribution in [0.2, 0.25) is 0 Å². The molecule has 1 aliphatic carbocycles. The van der Waals surface area contributed by atoms with E-state index in [0.717, 1.165) is 0 Å². The zero-order valence-corrected chi connectivity index (χ0v) is 11.5. The highest BCUT2D eigenvalue weighted by Crippen LogP contribution is 2.26. The maximum atomic E-state index is 12.1. The Morgan fingerprint density at radius 3 is 2.62 bits per heavy atom. The average molecular weight is 287 g/mol. The second kappa shape index (κ2) is 6.80. The Hall–Kier alpha value is -2.48. The quantitative estimate of drug-likeness (QED) is 0.808. The van der Waals surface area contributed by atoms with Crippen LogP contribution in [0.4, 0.5) is 0 Å². The summed E-state index contributed by atoms with van der Waals surface area (Å²) in [5, 5.41) is 11.8. The summed E-state index contributed by atoms with van der Waals surface area (Å²) in [6, 6.07) is 6.60. The van der Waals surface area contributed by atoms with Crippen molar-refractivity contribution in [3.8, 4) is 18.1 Å². The van der Waals surface area contributed by atoms with Crippen molar-refractivity contribution in [2.75, 3.05) is 6.61 Å². The zero-order valence-electron chi connectivity index (χ0n) is 11.5. The molecule has 0 radical (unpaired) electrons. The maximum Gasteiger partial charge on any atom is 0.306 e. The Bertz CT molecular complexity index is 559. The number of aliphatic carboxylic acids is 1. The largest absolute Gasteiger partial charge is 0.481 e. The van der Waals surface area contributed by atoms with Gasteiger partial charge in [-0.3, -0.25) is 9.59 Å². The molecule has 0 saturated heterocycles. The predicted molar refractivity (Wildman–Crippen MR) is 77.0 cm³/mol. The minimum Gasteiger partial charge on any atom is -0.481 e. The number of terminal acetylenes is 1. The molecule has 0 aromatic heterocycles. The first-order chi connectivity index (χ1) is 10.1. The second-order valence-electron chi connectivity index (χ2n) is 5.04. The van der Waals surface area contributed by atoms with Crippen LogP contribution in [0.15, 0.2) is 24.3 Å². The van der Waals surface area contributed by atoms with Gasteiger partial charge in [-0.15, -0.1) is 6.42 Å². The minimum atomic E-state index is -0.790. The number of hydrogen-bond acceptors (Lipinski definition) is 3. The molecular formula is C16H17NO4. The Kier molecular flexibility index (Phi) is 4.83. The molecule has 0 spiro atoms. The van der Waals surface area contributed by atoms with Gasteiger partial charge in [0.1, 0.15) is 12.4 Å². The number of amides is 1. The van der Waals surface area contributed by atoms with Crippen LogP contribution in [-0.4, -0.2) is 29.6 Å². The number of hydrogen-bond donors (Lipinski definition) is 2. The van der Waals surface area contributed by atoms with E-state index in [4.69, 9.17) is 16.3 Å². The lowest BCUT2D eigenvalue weighted by Gasteiger charge is -2.12. The molecule has 110 valence electrons. The first kappa shape index (κ1) is 14.9. The van der Waals surface area contributed by atoms with E-state index in [9.17, 15) is 9.59 Å². The van der Waals surface area contributed by atoms with Gasteiger partial charge in [0, 0.05) is 11.6 Å². The summed E-state index contributed by atoms with van der Waals surface area (Å²) >= 11 is 0. The maximum absolute atomic E-state index is 12.1. The monoisotopic (exact) mass is 287 g/mol. The van der Waals surface area contributed by atoms with Gasteiger partial charge in [-0.2, -0.15) is 0 Å². The molecule has 0 unspecified atom stereocenters. The van der Waals surface area contributed by atoms with Crippen molar-refractivity contribution in [1.82, 2.24) is 5.32 Å². The number of benzene rings is 1. The number of carboxylic acids is 1. The highest BCUT2D eigenvalue weighted by molar-refractivity contribution is 5.94. The van der Waals surface area contributed by atoms with Crippen LogP contribution < -0.4 is 10.1 Å². The normalized spacial score (nSPS) is 20.5. The number of carbonyl (C=O) groups is 2. The van der Waals surface area contributed by atoms with Gasteiger partial charge in [0.25, 0.3) is 5.91 Å². The number of carboxylic acid groups (broad SMARTS) is 1. The van der Waals surface area contributed by atoms with Crippen molar-refractivity contribution in [1.29, 1.82) is 0 Å². The number of carbonyl (C=O) groups excluding carboxylic acids is 1. The van der Waals surface area contributed by atoms with Crippen LogP contribution in [-0.2, 0) is 4.79 Å². The molecule has 1 aromatic carbocycles. The van der Waals surface area contributed by atoms with E-state index < -0.39 is 5.97 Å². The third kappa shape index (κ3) is 3.99. The fourth-order valence-electron chi connectivity index (χ4n) is 2.43. The number of rotatable bonds is 5. The number of ether oxygens (including phenoxy) is 1. The van der Waals surface area contributed by atoms with E-state index in [1.54, 1.807) is 24.3 Å². The lowest BCUT2D eigenvalue weighted by atomic mass is 10.1. The zero-order chi connectivity index (χ0) is 15.2. The standard InChI is InChI=1S/C16H17NO4/c1-2-9-21-14-7-4-11(5-8-14)15(18)17-13-6-3-12(10-13)16(19)20/h1,4-5,7-8,12-13H,3,6,9-10H2,(H,17,18)(H,19,20)/t12-,13+/m1/s1. The molecule has 1 saturated carbocycles. The van der Waals surface area contributed by atoms with Gasteiger partial charge in [0.2, 0.25) is 0 Å². The van der Waals surface area contributed by atoms with Crippen molar-refractivity contribution in [2.45, 2.75) is 25.3 Å². The molecule has 5 nitrogen and oxygen atoms in total. The molecule has 21 heavy (non-hydrogen) atoms. The number of nitrogens with one attached hydrogen (secondary N) is 1. The third-order valence-electron chi connectivity index (χ3n) is 3.56. The SMILES string of the molecule is C#CCOc1ccc(C(=O)N[C@H]2CC[C@@H](C(=O)O)C2)cc1. The van der Waals surface area contributed by atoms with Crippen LogP contribution in [0.1, 0.15) is 29.6 Å². The molecular weight excluding hydrogens is 270 g/mol. The van der Waals surface area contributed by atoms with E-state index in [1.165, 1.54) is 0 Å². The van der Waals surface area contributed by atoms with Crippen LogP contribution in [0.25, 0.3) is 0 Å². The van der Waals surface area contributed by atoms with Crippen molar-refractivity contribution >= 4 is 11.9 Å². The van der Waals surface area contributed by atoms with E-state index in [-0.39, 0.29) is 24.5 Å². The third-order valence-corrected chi connectivity index (χ3v) is 3.56. The second-order valence-corrected chi connectivity index (χ2v) is 5.04. The van der Waals surface area contributed by atoms with E-state index in [2.05, 4.69) is 11.2 Å². The minimum absolute atomic E-state index is 0.0732. The van der Waals surface area contributed by atoms with Crippen LogP contribution in [0.3, 0.4) is 0 Å². The van der Waals surface area contributed by atoms with E-state index >= 15 is 0 Å². The van der Waals surface area contributed by atoms with Crippen molar-refractivity contribution < 1.29 is 19.4 Å². The van der Waals surface area contributed by atoms with Gasteiger partial charge in [-0.25, -0.2) is 0 Å². The summed E-state index contributed by atoms with van der Waals surface area (Å²) in [5.41, 5.74) is 0.516. The first-order valence-corrected chi connectivity index (χ1v) is 6.80. The predicted octanol–water partition coefficient (Wildman–Crippen LogP) is 1.68. The summed E-state index contributed by atoms with van der Waals surface area (Å²) in [4.78, 5) is 23.0. The van der Waals surface area contributed by atoms with Crippen molar-refractivity contribution in [2.24, 2.45) is 5.92 Å². The smallest absolute Gasteiger partial charge is 0.306 e. The Labute approximate surface area is 123 Å². The highest BCUT2D eigenvalue weighted by atomic mass is 16.5. The molecule has 1 aromatic rings. The lowest BCUT2D eigenvalue weighted by molar-refractivity contribution is -0.141. The topological polar surface area (TPSA) is 75.6 Å². The molecule has 5 heteroatoms. The molecule has 0 aliphatic heterocycles. The lowest BCUT2D eigenvalue weighted by Crippen LogP contribution is -2.33. The Morgan fingerprint density at radius 2 is 2.05 bits per heavy atom. The van der Waals surface area contributed by atoms with Crippen molar-refractivity contribution in [3.63, 3.8) is 0 Å². The molecule has 2 rings (SSSR count). The van der Waals surface area contributed by atoms with Gasteiger partial charge in [0.15, 0.2) is 0 Å². The van der Waals surface area contributed by atoms with Gasteiger partial charge in [-0.05, 0) is 43.5 Å². The van der Waals surface area contributed by atoms with E-state index in [0.29, 0.717) is 30.6 Å². The average Bonchev–Trinajstić information content (AvgIpc) is 2.94. The van der Waals surface area contributed by atoms with Gasteiger partial charge in [0.05, 0.1) is 5.92 Å². The summed E-state index contributed by atoms with van der Waals surface area (Å²) < 4.78 is 5.23. The summed E-state index contributed by atoms with van der Waals surface area (Å²) in [6.45, 7) is 0.185. The summed E-state index contributed by atoms with van der Waals surface area (Å²) in [6.07, 6.45) is 6.90. The fourth-order valence-corrected chi connectivity index (χ4v) is 2.43. The van der Waals surface area contributed by atoms with Gasteiger partial charge < -0.3 is 15.2 Å². The summed E-state index contributed by atoms with van der Waals surface area (Å²) in [7, 11) is 0. The molecule has 0 heterocycles. The molecule has 2 atom stereocenters. The molecule has 1 fully saturated rings. The van der Waals surface area contributed by atoms with Crippen molar-refractivity contribution in [3.05, 3.63) is 29.8 Å². The van der Waals surface area contributed by atoms with Gasteiger partial charge >= 0.3 is 5.97 Å². The molecule has 1 amide bonds. The molecule has 0 bridgehead atoms. The van der Waals surface area contributed by atoms with E-state index in [1.807, 2.05) is 0 Å². The first-order valence-electron chi connectivity index (χ1n) is 6.80. The summed E-state index contributed by atoms with van der Waals surface area (Å²) in [5.74, 6) is 1.63. The van der Waals surface area contributed by atoms with Crippen LogP contribution in [0, 0.1) is 18.3 Å². The Morgan fingerprint density at radius 1 is 1.33 bits per heavy atom. The molecule has 2 N–H and O–H groups in total. The van der Waals surface area contributed by atoms with Gasteiger partial charge in [-0.1, -0.05) is 5.92 Å². The molecule has 1 aliphatic rings. The fraction of sp³-hybridized carbons (Fsp3) is 0.375. The Balaban J connectivity index is 1.89. The van der Waals surface area contributed by atoms with Crippen LogP contribution >= 0.6 is 0 Å². The van der Waals surface area contributed by atoms with Crippen LogP contribution in [0.5, 0.6) is 5.75 Å². The highest BCUT2D eigenvalue weighted by Gasteiger charge is 2.30.